The Morgan fingerprint density at radius 3 is 2.52 bits per heavy atom. The number of carboxylic acid groups (broad SMARTS) is 1. The van der Waals surface area contributed by atoms with E-state index in [0.717, 1.165) is 0 Å². The minimum Gasteiger partial charge on any atom is -0.478 e. The van der Waals surface area contributed by atoms with Crippen LogP contribution in [0.15, 0.2) is 24.3 Å². The predicted molar refractivity (Wildman–Crippen MR) is 77.2 cm³/mol. The summed E-state index contributed by atoms with van der Waals surface area (Å²) in [7, 11) is -3.13. The number of hydrogen-bond donors (Lipinski definition) is 3. The van der Waals surface area contributed by atoms with Gasteiger partial charge in [-0.05, 0) is 25.5 Å². The number of aromatic carboxylic acids is 1. The van der Waals surface area contributed by atoms with Crippen LogP contribution in [0.2, 0.25) is 0 Å². The molecule has 3 N–H and O–H groups in total. The smallest absolute Gasteiger partial charge is 0.337 e. The summed E-state index contributed by atoms with van der Waals surface area (Å²) < 4.78 is 23.0. The Balaban J connectivity index is 2.08. The predicted octanol–water partition coefficient (Wildman–Crippen LogP) is 1.08. The monoisotopic (exact) mass is 312 g/mol. The first-order valence-electron chi connectivity index (χ1n) is 6.33. The van der Waals surface area contributed by atoms with Crippen LogP contribution in [-0.4, -0.2) is 42.6 Å². The molecule has 0 bridgehead atoms. The van der Waals surface area contributed by atoms with Crippen molar-refractivity contribution >= 4 is 27.5 Å². The second kappa shape index (κ2) is 5.36. The van der Waals surface area contributed by atoms with Crippen LogP contribution in [0, 0.1) is 0 Å². The number of amides is 2. The lowest BCUT2D eigenvalue weighted by Gasteiger charge is -2.24. The van der Waals surface area contributed by atoms with Crippen LogP contribution in [0.1, 0.15) is 23.7 Å². The van der Waals surface area contributed by atoms with Gasteiger partial charge in [0.25, 0.3) is 0 Å². The minimum absolute atomic E-state index is 0.0307. The van der Waals surface area contributed by atoms with Crippen LogP contribution in [-0.2, 0) is 9.84 Å². The van der Waals surface area contributed by atoms with E-state index >= 15 is 0 Å². The molecular formula is C13H16N2O5S. The molecule has 1 unspecified atom stereocenters. The molecular weight excluding hydrogens is 296 g/mol. The molecule has 0 aliphatic carbocycles. The molecule has 1 aliphatic heterocycles. The first-order valence-corrected chi connectivity index (χ1v) is 8.15. The molecule has 1 atom stereocenters. The van der Waals surface area contributed by atoms with Crippen molar-refractivity contribution in [3.8, 4) is 0 Å². The molecule has 114 valence electrons. The molecule has 8 heteroatoms. The molecule has 0 saturated carbocycles. The van der Waals surface area contributed by atoms with Gasteiger partial charge in [0, 0.05) is 0 Å². The number of carbonyl (C=O) groups excluding carboxylic acids is 1. The third kappa shape index (κ3) is 3.72. The lowest BCUT2D eigenvalue weighted by molar-refractivity contribution is 0.0698. The van der Waals surface area contributed by atoms with E-state index < -0.39 is 27.4 Å². The molecule has 2 rings (SSSR count). The number of nitrogens with one attached hydrogen (secondary N) is 2. The average Bonchev–Trinajstić information content (AvgIpc) is 2.63. The fourth-order valence-electron chi connectivity index (χ4n) is 2.32. The first-order chi connectivity index (χ1) is 9.71. The van der Waals surface area contributed by atoms with Gasteiger partial charge in [-0.3, -0.25) is 0 Å². The van der Waals surface area contributed by atoms with Gasteiger partial charge in [0.15, 0.2) is 9.84 Å². The highest BCUT2D eigenvalue weighted by atomic mass is 32.2. The van der Waals surface area contributed by atoms with Crippen LogP contribution in [0.5, 0.6) is 0 Å². The zero-order chi connectivity index (χ0) is 15.7. The van der Waals surface area contributed by atoms with Crippen molar-refractivity contribution in [1.82, 2.24) is 5.32 Å². The number of benzene rings is 1. The van der Waals surface area contributed by atoms with Crippen molar-refractivity contribution in [2.45, 2.75) is 18.9 Å². The van der Waals surface area contributed by atoms with Gasteiger partial charge < -0.3 is 15.7 Å². The maximum absolute atomic E-state index is 11.9. The molecule has 21 heavy (non-hydrogen) atoms. The number of sulfone groups is 1. The SMILES string of the molecule is CC1(NC(=O)Nc2ccccc2C(=O)O)CCS(=O)(=O)C1. The van der Waals surface area contributed by atoms with Crippen molar-refractivity contribution in [3.63, 3.8) is 0 Å². The quantitative estimate of drug-likeness (QED) is 0.773. The number of urea groups is 1. The summed E-state index contributed by atoms with van der Waals surface area (Å²) in [6.45, 7) is 1.65. The summed E-state index contributed by atoms with van der Waals surface area (Å²) in [5.41, 5.74) is -0.704. The highest BCUT2D eigenvalue weighted by molar-refractivity contribution is 7.91. The molecule has 1 saturated heterocycles. The van der Waals surface area contributed by atoms with E-state index in [1.807, 2.05) is 0 Å². The summed E-state index contributed by atoms with van der Waals surface area (Å²) in [5, 5.41) is 14.1. The maximum atomic E-state index is 11.9. The second-order valence-corrected chi connectivity index (χ2v) is 7.52. The molecule has 1 fully saturated rings. The Bertz CT molecular complexity index is 686. The number of hydrogen-bond acceptors (Lipinski definition) is 4. The summed E-state index contributed by atoms with van der Waals surface area (Å²) in [4.78, 5) is 23.0. The largest absolute Gasteiger partial charge is 0.478 e. The van der Waals surface area contributed by atoms with E-state index in [1.54, 1.807) is 19.1 Å². The van der Waals surface area contributed by atoms with Crippen molar-refractivity contribution in [3.05, 3.63) is 29.8 Å². The molecule has 0 radical (unpaired) electrons. The molecule has 1 aromatic carbocycles. The molecule has 0 aromatic heterocycles. The molecule has 7 nitrogen and oxygen atoms in total. The molecule has 1 heterocycles. The zero-order valence-corrected chi connectivity index (χ0v) is 12.2. The number of carboxylic acids is 1. The van der Waals surface area contributed by atoms with Crippen LogP contribution < -0.4 is 10.6 Å². The lowest BCUT2D eigenvalue weighted by Crippen LogP contribution is -2.48. The van der Waals surface area contributed by atoms with Gasteiger partial charge in [-0.15, -0.1) is 0 Å². The Morgan fingerprint density at radius 2 is 1.95 bits per heavy atom. The summed E-state index contributed by atoms with van der Waals surface area (Å²) in [5.74, 6) is -1.23. The van der Waals surface area contributed by atoms with Gasteiger partial charge in [-0.25, -0.2) is 18.0 Å². The third-order valence-electron chi connectivity index (χ3n) is 3.32. The van der Waals surface area contributed by atoms with Gasteiger partial charge in [-0.2, -0.15) is 0 Å². The number of para-hydroxylation sites is 1. The van der Waals surface area contributed by atoms with E-state index in [-0.39, 0.29) is 22.8 Å². The van der Waals surface area contributed by atoms with Crippen molar-refractivity contribution < 1.29 is 23.1 Å². The van der Waals surface area contributed by atoms with Crippen molar-refractivity contribution in [2.75, 3.05) is 16.8 Å². The van der Waals surface area contributed by atoms with Gasteiger partial charge in [0.05, 0.1) is 28.3 Å². The van der Waals surface area contributed by atoms with Crippen LogP contribution in [0.25, 0.3) is 0 Å². The standard InChI is InChI=1S/C13H16N2O5S/c1-13(6-7-21(19,20)8-13)15-12(18)14-10-5-3-2-4-9(10)11(16)17/h2-5H,6-8H2,1H3,(H,16,17)(H2,14,15,18). The van der Waals surface area contributed by atoms with Crippen LogP contribution in [0.3, 0.4) is 0 Å². The minimum atomic E-state index is -3.13. The fraction of sp³-hybridized carbons (Fsp3) is 0.385. The Hall–Kier alpha value is -2.09. The molecule has 2 amide bonds. The molecule has 1 aliphatic rings. The van der Waals surface area contributed by atoms with E-state index in [0.29, 0.717) is 6.42 Å². The van der Waals surface area contributed by atoms with E-state index in [9.17, 15) is 18.0 Å². The summed E-state index contributed by atoms with van der Waals surface area (Å²) >= 11 is 0. The Labute approximate surface area is 122 Å². The lowest BCUT2D eigenvalue weighted by atomic mass is 10.0. The second-order valence-electron chi connectivity index (χ2n) is 5.33. The Kier molecular flexibility index (Phi) is 3.91. The van der Waals surface area contributed by atoms with E-state index in [2.05, 4.69) is 10.6 Å². The van der Waals surface area contributed by atoms with Crippen molar-refractivity contribution in [2.24, 2.45) is 0 Å². The average molecular weight is 312 g/mol. The van der Waals surface area contributed by atoms with Crippen LogP contribution in [0.4, 0.5) is 10.5 Å². The first kappa shape index (κ1) is 15.3. The Morgan fingerprint density at radius 1 is 1.29 bits per heavy atom. The van der Waals surface area contributed by atoms with Crippen LogP contribution >= 0.6 is 0 Å². The fourth-order valence-corrected chi connectivity index (χ4v) is 4.41. The number of carbonyl (C=O) groups is 2. The van der Waals surface area contributed by atoms with Gasteiger partial charge in [0.2, 0.25) is 0 Å². The van der Waals surface area contributed by atoms with Gasteiger partial charge in [0.1, 0.15) is 0 Å². The number of rotatable bonds is 3. The molecule has 1 aromatic rings. The normalized spacial score (nSPS) is 23.5. The van der Waals surface area contributed by atoms with E-state index in [1.165, 1.54) is 12.1 Å². The molecule has 0 spiro atoms. The third-order valence-corrected chi connectivity index (χ3v) is 5.23. The summed E-state index contributed by atoms with van der Waals surface area (Å²) in [6.07, 6.45) is 0.337. The summed E-state index contributed by atoms with van der Waals surface area (Å²) in [6, 6.07) is 5.38. The van der Waals surface area contributed by atoms with Gasteiger partial charge >= 0.3 is 12.0 Å². The number of anilines is 1. The van der Waals surface area contributed by atoms with Crippen molar-refractivity contribution in [1.29, 1.82) is 0 Å². The highest BCUT2D eigenvalue weighted by Gasteiger charge is 2.39. The topological polar surface area (TPSA) is 113 Å². The van der Waals surface area contributed by atoms with E-state index in [4.69, 9.17) is 5.11 Å². The maximum Gasteiger partial charge on any atom is 0.337 e. The van der Waals surface area contributed by atoms with Gasteiger partial charge in [-0.1, -0.05) is 12.1 Å². The zero-order valence-electron chi connectivity index (χ0n) is 11.4. The highest BCUT2D eigenvalue weighted by Crippen LogP contribution is 2.23.